The van der Waals surface area contributed by atoms with Crippen LogP contribution in [0.15, 0.2) is 69.2 Å². The van der Waals surface area contributed by atoms with Crippen molar-refractivity contribution in [3.63, 3.8) is 0 Å². The molecule has 0 radical (unpaired) electrons. The maximum absolute atomic E-state index is 9.51. The van der Waals surface area contributed by atoms with Crippen molar-refractivity contribution in [2.75, 3.05) is 6.61 Å². The molecule has 0 atom stereocenters. The summed E-state index contributed by atoms with van der Waals surface area (Å²) in [5, 5.41) is 11.1. The van der Waals surface area contributed by atoms with Gasteiger partial charge in [0, 0.05) is 0 Å². The molecule has 2 aliphatic rings. The molecule has 2 aliphatic carbocycles. The van der Waals surface area contributed by atoms with Crippen LogP contribution in [-0.2, 0) is 21.3 Å². The molecule has 1 nitrogen and oxygen atoms in total. The molecule has 0 spiro atoms. The zero-order chi connectivity index (χ0) is 19.9. The van der Waals surface area contributed by atoms with E-state index in [1.54, 1.807) is 22.8 Å². The molecule has 1 N–H and O–H groups in total. The molecule has 0 saturated heterocycles. The molecule has 30 heavy (non-hydrogen) atoms. The summed E-state index contributed by atoms with van der Waals surface area (Å²) in [6.07, 6.45) is 6.21. The molecule has 0 unspecified atom stereocenters. The van der Waals surface area contributed by atoms with Crippen molar-refractivity contribution >= 4 is 11.3 Å². The van der Waals surface area contributed by atoms with Crippen LogP contribution in [0.2, 0.25) is 19.1 Å². The molecule has 2 aromatic rings. The predicted octanol–water partition coefficient (Wildman–Crippen LogP) is 0.0487. The molecular weight excluding hydrogens is 506 g/mol. The minimum atomic E-state index is -2.06. The summed E-state index contributed by atoms with van der Waals surface area (Å²) >= 11 is -2.06. The van der Waals surface area contributed by atoms with E-state index in [1.807, 2.05) is 0 Å². The van der Waals surface area contributed by atoms with Crippen molar-refractivity contribution in [1.82, 2.24) is 0 Å². The monoisotopic (exact) mass is 534 g/mol. The molecule has 0 aromatic heterocycles. The van der Waals surface area contributed by atoms with Gasteiger partial charge in [-0.25, -0.2) is 0 Å². The summed E-state index contributed by atoms with van der Waals surface area (Å²) in [5.74, 6) is 0. The van der Waals surface area contributed by atoms with Crippen LogP contribution in [0.1, 0.15) is 35.0 Å². The van der Waals surface area contributed by atoms with Gasteiger partial charge >= 0.3 is 179 Å². The largest absolute Gasteiger partial charge is 1.00 e. The number of hydrogen-bond acceptors (Lipinski definition) is 1. The molecule has 0 heterocycles. The van der Waals surface area contributed by atoms with Crippen LogP contribution in [0, 0.1) is 0 Å². The normalized spacial score (nSPS) is 14.4. The van der Waals surface area contributed by atoms with Crippen LogP contribution < -0.4 is 24.8 Å². The third-order valence-corrected chi connectivity index (χ3v) is 17.9. The van der Waals surface area contributed by atoms with Crippen molar-refractivity contribution in [2.45, 2.75) is 43.0 Å². The second kappa shape index (κ2) is 10.4. The van der Waals surface area contributed by atoms with Crippen LogP contribution in [0.3, 0.4) is 0 Å². The van der Waals surface area contributed by atoms with Crippen LogP contribution >= 0.6 is 0 Å². The maximum atomic E-state index is 9.51. The molecule has 0 bridgehead atoms. The van der Waals surface area contributed by atoms with E-state index in [9.17, 15) is 5.11 Å². The van der Waals surface area contributed by atoms with Gasteiger partial charge in [0.05, 0.1) is 0 Å². The van der Waals surface area contributed by atoms with Crippen LogP contribution in [0.25, 0.3) is 11.1 Å². The molecule has 0 amide bonds. The molecule has 5 heteroatoms. The third-order valence-electron chi connectivity index (χ3n) is 6.40. The Kier molecular flexibility index (Phi) is 8.87. The fourth-order valence-electron chi connectivity index (χ4n) is 4.87. The number of allylic oxidation sites excluding steroid dienone is 4. The first kappa shape index (κ1) is 25.7. The molecule has 158 valence electrons. The third kappa shape index (κ3) is 4.62. The number of halogens is 2. The zero-order valence-electron chi connectivity index (χ0n) is 18.2. The topological polar surface area (TPSA) is 20.2 Å². The molecule has 0 fully saturated rings. The second-order valence-electron chi connectivity index (χ2n) is 8.91. The fourth-order valence-corrected chi connectivity index (χ4v) is 15.5. The maximum Gasteiger partial charge on any atom is -1.00 e. The first-order chi connectivity index (χ1) is 13.4. The minimum Gasteiger partial charge on any atom is -1.00 e. The minimum absolute atomic E-state index is 0. The van der Waals surface area contributed by atoms with E-state index in [1.165, 1.54) is 11.1 Å². The van der Waals surface area contributed by atoms with Gasteiger partial charge in [0.1, 0.15) is 0 Å². The number of fused-ring (bicyclic) bond motifs is 3. The van der Waals surface area contributed by atoms with E-state index >= 15 is 0 Å². The summed E-state index contributed by atoms with van der Waals surface area (Å²) in [6, 6.07) is 19.1. The quantitative estimate of drug-likeness (QED) is 0.536. The Labute approximate surface area is 202 Å². The number of aliphatic hydroxyl groups is 1. The van der Waals surface area contributed by atoms with E-state index in [2.05, 4.69) is 87.6 Å². The van der Waals surface area contributed by atoms with E-state index in [4.69, 9.17) is 0 Å². The van der Waals surface area contributed by atoms with Crippen LogP contribution in [-0.4, -0.2) is 23.0 Å². The van der Waals surface area contributed by atoms with Gasteiger partial charge in [-0.3, -0.25) is 0 Å². The van der Waals surface area contributed by atoms with Crippen molar-refractivity contribution in [2.24, 2.45) is 0 Å². The smallest absolute Gasteiger partial charge is 1.00 e. The summed E-state index contributed by atoms with van der Waals surface area (Å²) in [5.41, 5.74) is 6.01. The van der Waals surface area contributed by atoms with E-state index < -0.39 is 29.3 Å². The Hall–Kier alpha value is -0.570. The van der Waals surface area contributed by atoms with Crippen molar-refractivity contribution in [3.8, 4) is 11.1 Å². The summed E-state index contributed by atoms with van der Waals surface area (Å²) in [4.78, 5) is 0. The Morgan fingerprint density at radius 2 is 1.50 bits per heavy atom. The summed E-state index contributed by atoms with van der Waals surface area (Å²) in [7, 11) is -1.52. The van der Waals surface area contributed by atoms with Crippen molar-refractivity contribution in [1.29, 1.82) is 0 Å². The predicted molar refractivity (Wildman–Crippen MR) is 120 cm³/mol. The van der Waals surface area contributed by atoms with Gasteiger partial charge in [-0.1, -0.05) is 0 Å². The van der Waals surface area contributed by atoms with Gasteiger partial charge in [-0.15, -0.1) is 0 Å². The Morgan fingerprint density at radius 3 is 2.00 bits per heavy atom. The van der Waals surface area contributed by atoms with E-state index in [0.29, 0.717) is 10.2 Å². The number of rotatable bonds is 5. The Morgan fingerprint density at radius 1 is 0.967 bits per heavy atom. The number of hydrogen-bond donors (Lipinski definition) is 1. The second-order valence-corrected chi connectivity index (χ2v) is 21.2. The van der Waals surface area contributed by atoms with Crippen LogP contribution in [0.4, 0.5) is 0 Å². The molecule has 0 aliphatic heterocycles. The molecule has 2 aromatic carbocycles. The van der Waals surface area contributed by atoms with Crippen molar-refractivity contribution < 1.29 is 51.2 Å². The SMILES string of the molecule is C[C](C)=[Zr+2]([C]1=CC([Si](C)(C)CCO)=CC1)[CH]1c2ccccc2-c2ccccc21.[Cl-].[Cl-]. The van der Waals surface area contributed by atoms with Crippen molar-refractivity contribution in [3.05, 3.63) is 80.3 Å². The summed E-state index contributed by atoms with van der Waals surface area (Å²) < 4.78 is 4.02. The van der Waals surface area contributed by atoms with Gasteiger partial charge in [0.2, 0.25) is 0 Å². The first-order valence-corrected chi connectivity index (χ1v) is 17.4. The standard InChI is InChI=1S/C13H9.C9H15OSi.C3H6.2ClH.Zr/c1-3-7-12-10(5-1)9-11-6-2-4-8-13(11)12;1-11(2,8-7-10)9-5-3-4-6-9;1-3-2;;;/h1-9H;5-6,10H,3,7-8H2,1-2H3;1-2H3;2*1H;/q;;;;;+2/p-2. The van der Waals surface area contributed by atoms with Gasteiger partial charge in [0.15, 0.2) is 0 Å². The Balaban J connectivity index is 0.00000160. The average molecular weight is 537 g/mol. The zero-order valence-corrected chi connectivity index (χ0v) is 23.1. The first-order valence-electron chi connectivity index (χ1n) is 10.3. The van der Waals surface area contributed by atoms with Gasteiger partial charge in [-0.05, 0) is 0 Å². The molecule has 4 rings (SSSR count). The van der Waals surface area contributed by atoms with Gasteiger partial charge in [0.25, 0.3) is 0 Å². The molecular formula is C25H30Cl2OSiZr. The summed E-state index contributed by atoms with van der Waals surface area (Å²) in [6.45, 7) is 9.88. The molecule has 0 saturated carbocycles. The van der Waals surface area contributed by atoms with E-state index in [-0.39, 0.29) is 24.8 Å². The van der Waals surface area contributed by atoms with Gasteiger partial charge in [-0.2, -0.15) is 0 Å². The van der Waals surface area contributed by atoms with Crippen LogP contribution in [0.5, 0.6) is 0 Å². The van der Waals surface area contributed by atoms with E-state index in [0.717, 1.165) is 12.5 Å². The van der Waals surface area contributed by atoms with Gasteiger partial charge < -0.3 is 24.8 Å². The fraction of sp³-hybridized carbons (Fsp3) is 0.320. The Bertz CT molecular complexity index is 974. The number of aliphatic hydroxyl groups excluding tert-OH is 1. The number of benzene rings is 2. The average Bonchev–Trinajstić information content (AvgIpc) is 3.27.